The zero-order valence-corrected chi connectivity index (χ0v) is 15.2. The summed E-state index contributed by atoms with van der Waals surface area (Å²) in [6.07, 6.45) is 3.67. The van der Waals surface area contributed by atoms with Crippen LogP contribution in [0, 0.1) is 5.92 Å². The second-order valence-corrected chi connectivity index (χ2v) is 6.60. The molecule has 132 valence electrons. The molecule has 5 nitrogen and oxygen atoms in total. The minimum atomic E-state index is -0.309. The van der Waals surface area contributed by atoms with Crippen molar-refractivity contribution in [1.82, 2.24) is 9.80 Å². The van der Waals surface area contributed by atoms with Crippen LogP contribution in [-0.4, -0.2) is 65.2 Å². The topological polar surface area (TPSA) is 69.8 Å². The van der Waals surface area contributed by atoms with Gasteiger partial charge in [0.15, 0.2) is 0 Å². The summed E-state index contributed by atoms with van der Waals surface area (Å²) in [6.45, 7) is 7.05. The van der Waals surface area contributed by atoms with Gasteiger partial charge in [-0.15, -0.1) is 24.8 Å². The van der Waals surface area contributed by atoms with E-state index in [1.807, 2.05) is 11.8 Å². The Morgan fingerprint density at radius 2 is 2.00 bits per heavy atom. The van der Waals surface area contributed by atoms with E-state index < -0.39 is 0 Å². The molecule has 4 atom stereocenters. The lowest BCUT2D eigenvalue weighted by molar-refractivity contribution is -0.139. The standard InChI is InChI=1S/C15H29N3O2.2ClH/c1-11-9-18(7-6-17(11)10-12(2)19)15(20)13-4-3-5-14(16)8-13;;/h11-14,19H,3-10,16H2,1-2H3;2*1H. The molecule has 1 saturated carbocycles. The van der Waals surface area contributed by atoms with E-state index in [1.54, 1.807) is 0 Å². The van der Waals surface area contributed by atoms with E-state index in [0.717, 1.165) is 45.3 Å². The SMILES string of the molecule is CC(O)CN1CCN(C(=O)C2CCCC(N)C2)CC1C.Cl.Cl. The summed E-state index contributed by atoms with van der Waals surface area (Å²) in [7, 11) is 0. The fourth-order valence-corrected chi connectivity index (χ4v) is 3.52. The summed E-state index contributed by atoms with van der Waals surface area (Å²) in [5, 5.41) is 9.49. The number of piperazine rings is 1. The maximum atomic E-state index is 12.6. The fraction of sp³-hybridized carbons (Fsp3) is 0.933. The second kappa shape index (κ2) is 9.93. The Morgan fingerprint density at radius 3 is 2.55 bits per heavy atom. The summed E-state index contributed by atoms with van der Waals surface area (Å²) in [4.78, 5) is 16.8. The highest BCUT2D eigenvalue weighted by Crippen LogP contribution is 2.26. The van der Waals surface area contributed by atoms with Gasteiger partial charge < -0.3 is 15.7 Å². The molecule has 0 aromatic heterocycles. The fourth-order valence-electron chi connectivity index (χ4n) is 3.52. The van der Waals surface area contributed by atoms with Gasteiger partial charge >= 0.3 is 0 Å². The average molecular weight is 356 g/mol. The summed E-state index contributed by atoms with van der Waals surface area (Å²) >= 11 is 0. The van der Waals surface area contributed by atoms with Crippen molar-refractivity contribution in [2.75, 3.05) is 26.2 Å². The van der Waals surface area contributed by atoms with Crippen LogP contribution in [0.2, 0.25) is 0 Å². The number of amides is 1. The minimum absolute atomic E-state index is 0. The van der Waals surface area contributed by atoms with Crippen LogP contribution in [-0.2, 0) is 4.79 Å². The minimum Gasteiger partial charge on any atom is -0.392 e. The quantitative estimate of drug-likeness (QED) is 0.799. The van der Waals surface area contributed by atoms with Crippen molar-refractivity contribution in [1.29, 1.82) is 0 Å². The van der Waals surface area contributed by atoms with E-state index in [0.29, 0.717) is 18.5 Å². The van der Waals surface area contributed by atoms with Crippen molar-refractivity contribution < 1.29 is 9.90 Å². The molecule has 0 aromatic carbocycles. The largest absolute Gasteiger partial charge is 0.392 e. The number of carbonyl (C=O) groups is 1. The van der Waals surface area contributed by atoms with Crippen molar-refractivity contribution in [2.45, 2.75) is 57.7 Å². The van der Waals surface area contributed by atoms with Crippen LogP contribution in [0.5, 0.6) is 0 Å². The number of nitrogens with two attached hydrogens (primary N) is 1. The Balaban J connectivity index is 0.00000220. The molecule has 22 heavy (non-hydrogen) atoms. The third-order valence-electron chi connectivity index (χ3n) is 4.64. The third-order valence-corrected chi connectivity index (χ3v) is 4.64. The van der Waals surface area contributed by atoms with Crippen LogP contribution in [0.15, 0.2) is 0 Å². The molecule has 0 radical (unpaired) electrons. The van der Waals surface area contributed by atoms with Crippen LogP contribution in [0.3, 0.4) is 0 Å². The number of rotatable bonds is 3. The summed E-state index contributed by atoms with van der Waals surface area (Å²) in [5.74, 6) is 0.429. The maximum Gasteiger partial charge on any atom is 0.225 e. The van der Waals surface area contributed by atoms with Crippen molar-refractivity contribution in [3.05, 3.63) is 0 Å². The predicted molar refractivity (Wildman–Crippen MR) is 93.7 cm³/mol. The first-order chi connectivity index (χ1) is 9.47. The van der Waals surface area contributed by atoms with Gasteiger partial charge in [-0.2, -0.15) is 0 Å². The van der Waals surface area contributed by atoms with Crippen LogP contribution in [0.4, 0.5) is 0 Å². The van der Waals surface area contributed by atoms with E-state index >= 15 is 0 Å². The van der Waals surface area contributed by atoms with Crippen molar-refractivity contribution in [3.8, 4) is 0 Å². The number of carbonyl (C=O) groups excluding carboxylic acids is 1. The molecule has 0 aromatic rings. The van der Waals surface area contributed by atoms with E-state index in [9.17, 15) is 9.90 Å². The van der Waals surface area contributed by atoms with E-state index in [-0.39, 0.29) is 42.9 Å². The molecular formula is C15H31Cl2N3O2. The first kappa shape index (κ1) is 21.9. The molecule has 1 heterocycles. The van der Waals surface area contributed by atoms with Gasteiger partial charge in [-0.05, 0) is 33.1 Å². The predicted octanol–water partition coefficient (Wildman–Crippen LogP) is 1.26. The maximum absolute atomic E-state index is 12.6. The molecule has 1 amide bonds. The van der Waals surface area contributed by atoms with Gasteiger partial charge in [0.2, 0.25) is 5.91 Å². The monoisotopic (exact) mass is 355 g/mol. The third kappa shape index (κ3) is 5.85. The lowest BCUT2D eigenvalue weighted by Crippen LogP contribution is -2.56. The van der Waals surface area contributed by atoms with Gasteiger partial charge in [0.1, 0.15) is 0 Å². The Kier molecular flexibility index (Phi) is 9.90. The van der Waals surface area contributed by atoms with Gasteiger partial charge in [0, 0.05) is 44.2 Å². The van der Waals surface area contributed by atoms with Gasteiger partial charge in [-0.25, -0.2) is 0 Å². The van der Waals surface area contributed by atoms with E-state index in [2.05, 4.69) is 11.8 Å². The molecule has 2 fully saturated rings. The van der Waals surface area contributed by atoms with Gasteiger partial charge in [0.05, 0.1) is 6.10 Å². The summed E-state index contributed by atoms with van der Waals surface area (Å²) in [5.41, 5.74) is 5.99. The Labute approximate surface area is 146 Å². The summed E-state index contributed by atoms with van der Waals surface area (Å²) in [6, 6.07) is 0.520. The molecule has 2 aliphatic rings. The number of β-amino-alcohol motifs (C(OH)–C–C–N with tert-alkyl or cyclic N) is 1. The highest BCUT2D eigenvalue weighted by molar-refractivity contribution is 5.85. The first-order valence-electron chi connectivity index (χ1n) is 7.94. The number of aliphatic hydroxyl groups is 1. The second-order valence-electron chi connectivity index (χ2n) is 6.60. The zero-order chi connectivity index (χ0) is 14.7. The highest BCUT2D eigenvalue weighted by atomic mass is 35.5. The molecule has 3 N–H and O–H groups in total. The van der Waals surface area contributed by atoms with Gasteiger partial charge in [-0.1, -0.05) is 6.42 Å². The number of aliphatic hydroxyl groups excluding tert-OH is 1. The Bertz CT molecular complexity index is 345. The molecule has 0 bridgehead atoms. The van der Waals surface area contributed by atoms with E-state index in [1.165, 1.54) is 0 Å². The van der Waals surface area contributed by atoms with Crippen molar-refractivity contribution >= 4 is 30.7 Å². The number of hydrogen-bond donors (Lipinski definition) is 2. The average Bonchev–Trinajstić information content (AvgIpc) is 2.40. The summed E-state index contributed by atoms with van der Waals surface area (Å²) < 4.78 is 0. The lowest BCUT2D eigenvalue weighted by atomic mass is 9.85. The smallest absolute Gasteiger partial charge is 0.225 e. The van der Waals surface area contributed by atoms with Crippen LogP contribution in [0.25, 0.3) is 0 Å². The highest BCUT2D eigenvalue weighted by Gasteiger charge is 2.33. The number of halogens is 2. The lowest BCUT2D eigenvalue weighted by Gasteiger charge is -2.42. The van der Waals surface area contributed by atoms with Crippen LogP contribution in [0.1, 0.15) is 39.5 Å². The van der Waals surface area contributed by atoms with Crippen molar-refractivity contribution in [3.63, 3.8) is 0 Å². The molecule has 2 rings (SSSR count). The molecule has 4 unspecified atom stereocenters. The number of hydrogen-bond acceptors (Lipinski definition) is 4. The Morgan fingerprint density at radius 1 is 1.32 bits per heavy atom. The molecule has 1 aliphatic heterocycles. The molecule has 1 saturated heterocycles. The van der Waals surface area contributed by atoms with Crippen LogP contribution >= 0.6 is 24.8 Å². The van der Waals surface area contributed by atoms with E-state index in [4.69, 9.17) is 5.73 Å². The first-order valence-corrected chi connectivity index (χ1v) is 7.94. The van der Waals surface area contributed by atoms with Crippen molar-refractivity contribution in [2.24, 2.45) is 11.7 Å². The molecular weight excluding hydrogens is 325 g/mol. The molecule has 7 heteroatoms. The molecule has 0 spiro atoms. The van der Waals surface area contributed by atoms with Gasteiger partial charge in [-0.3, -0.25) is 9.69 Å². The number of nitrogens with zero attached hydrogens (tertiary/aromatic N) is 2. The Hall–Kier alpha value is -0.0700. The zero-order valence-electron chi connectivity index (χ0n) is 13.6. The normalized spacial score (nSPS) is 30.9. The van der Waals surface area contributed by atoms with Gasteiger partial charge in [0.25, 0.3) is 0 Å². The van der Waals surface area contributed by atoms with Crippen LogP contribution < -0.4 is 5.73 Å². The molecule has 1 aliphatic carbocycles.